The molecular weight excluding hydrogens is 552 g/mol. The average molecular weight is 599 g/mol. The van der Waals surface area contributed by atoms with Crippen molar-refractivity contribution in [1.29, 1.82) is 0 Å². The molecule has 4 aliphatic rings. The number of nitrogens with zero attached hydrogens (tertiary/aromatic N) is 4. The quantitative estimate of drug-likeness (QED) is 0.316. The van der Waals surface area contributed by atoms with Crippen LogP contribution in [0.3, 0.4) is 0 Å². The van der Waals surface area contributed by atoms with Gasteiger partial charge in [-0.15, -0.1) is 0 Å². The Kier molecular flexibility index (Phi) is 8.08. The van der Waals surface area contributed by atoms with Gasteiger partial charge in [0.2, 0.25) is 9.84 Å². The van der Waals surface area contributed by atoms with E-state index in [1.807, 2.05) is 12.1 Å². The Bertz CT molecular complexity index is 1490. The van der Waals surface area contributed by atoms with Crippen molar-refractivity contribution in [3.63, 3.8) is 0 Å². The van der Waals surface area contributed by atoms with Crippen LogP contribution in [0, 0.1) is 17.8 Å². The molecule has 3 fully saturated rings. The minimum Gasteiger partial charge on any atom is -0.371 e. The van der Waals surface area contributed by atoms with Gasteiger partial charge in [-0.1, -0.05) is 44.0 Å². The molecule has 1 unspecified atom stereocenters. The summed E-state index contributed by atoms with van der Waals surface area (Å²) in [6.45, 7) is 11.5. The van der Waals surface area contributed by atoms with Crippen molar-refractivity contribution in [2.24, 2.45) is 17.8 Å². The van der Waals surface area contributed by atoms with E-state index in [1.54, 1.807) is 35.4 Å². The number of fused-ring (bicyclic) bond motifs is 1. The Morgan fingerprint density at radius 3 is 2.16 bits per heavy atom. The lowest BCUT2D eigenvalue weighted by Crippen LogP contribution is -2.57. The summed E-state index contributed by atoms with van der Waals surface area (Å²) in [6.07, 6.45) is 11.3. The van der Waals surface area contributed by atoms with Crippen molar-refractivity contribution in [2.75, 3.05) is 50.7 Å². The molecule has 3 aromatic rings. The molecule has 1 aliphatic carbocycles. The van der Waals surface area contributed by atoms with Crippen LogP contribution in [0.1, 0.15) is 56.6 Å². The number of anilines is 1. The van der Waals surface area contributed by atoms with Gasteiger partial charge in [0.25, 0.3) is 0 Å². The van der Waals surface area contributed by atoms with Crippen molar-refractivity contribution in [3.8, 4) is 0 Å². The topological polar surface area (TPSA) is 56.8 Å². The Morgan fingerprint density at radius 2 is 1.47 bits per heavy atom. The molecular formula is C36H46N4O2S. The standard InChI is InChI=1S/C36H46N4O2S/c1-2-38-26-29-7-3-6-10-35(29)36(27-38,30-8-4-5-9-30)31-17-21-39(22-18-31)23-28-24-40(25-28)32-11-13-33(14-12-32)43(41,42)34-15-19-37-20-16-34/h3,6-7,10-16,19-20,28,30-31H,2,4-5,8-9,17-18,21-27H2,1H3. The molecule has 228 valence electrons. The molecule has 2 aromatic carbocycles. The van der Waals surface area contributed by atoms with Gasteiger partial charge in [-0.05, 0) is 105 Å². The number of hydrogen-bond acceptors (Lipinski definition) is 6. The van der Waals surface area contributed by atoms with Gasteiger partial charge < -0.3 is 9.80 Å². The van der Waals surface area contributed by atoms with Gasteiger partial charge in [0.05, 0.1) is 9.79 Å². The minimum atomic E-state index is -3.51. The predicted molar refractivity (Wildman–Crippen MR) is 172 cm³/mol. The van der Waals surface area contributed by atoms with Gasteiger partial charge in [-0.3, -0.25) is 9.88 Å². The molecule has 2 saturated heterocycles. The van der Waals surface area contributed by atoms with E-state index >= 15 is 0 Å². The maximum absolute atomic E-state index is 12.9. The molecule has 0 spiro atoms. The number of likely N-dealkylation sites (tertiary alicyclic amines) is 1. The van der Waals surface area contributed by atoms with Crippen molar-refractivity contribution < 1.29 is 8.42 Å². The number of benzene rings is 2. The lowest BCUT2D eigenvalue weighted by atomic mass is 9.57. The number of likely N-dealkylation sites (N-methyl/N-ethyl adjacent to an activating group) is 1. The van der Waals surface area contributed by atoms with E-state index in [2.05, 4.69) is 50.9 Å². The number of piperidine rings is 1. The van der Waals surface area contributed by atoms with Crippen molar-refractivity contribution in [1.82, 2.24) is 14.8 Å². The number of sulfone groups is 1. The van der Waals surface area contributed by atoms with Crippen LogP contribution in [0.15, 0.2) is 82.8 Å². The maximum atomic E-state index is 12.9. The van der Waals surface area contributed by atoms with Gasteiger partial charge in [0, 0.05) is 62.1 Å². The van der Waals surface area contributed by atoms with Gasteiger partial charge in [0.15, 0.2) is 0 Å². The summed E-state index contributed by atoms with van der Waals surface area (Å²) in [4.78, 5) is 12.4. The molecule has 0 N–H and O–H groups in total. The van der Waals surface area contributed by atoms with Crippen LogP contribution >= 0.6 is 0 Å². The first-order valence-electron chi connectivity index (χ1n) is 16.5. The molecule has 1 atom stereocenters. The third-order valence-corrected chi connectivity index (χ3v) is 13.0. The molecule has 7 heteroatoms. The lowest BCUT2D eigenvalue weighted by Gasteiger charge is -2.54. The summed E-state index contributed by atoms with van der Waals surface area (Å²) < 4.78 is 25.9. The second kappa shape index (κ2) is 12.0. The van der Waals surface area contributed by atoms with Crippen molar-refractivity contribution in [3.05, 3.63) is 84.2 Å². The lowest BCUT2D eigenvalue weighted by molar-refractivity contribution is 0.0359. The average Bonchev–Trinajstić information content (AvgIpc) is 3.59. The van der Waals surface area contributed by atoms with Crippen LogP contribution in [-0.2, 0) is 21.8 Å². The summed E-state index contributed by atoms with van der Waals surface area (Å²) in [5, 5.41) is 0. The fourth-order valence-corrected chi connectivity index (χ4v) is 10.2. The Balaban J connectivity index is 0.971. The van der Waals surface area contributed by atoms with E-state index in [1.165, 1.54) is 77.1 Å². The largest absolute Gasteiger partial charge is 0.371 e. The molecule has 3 aliphatic heterocycles. The highest BCUT2D eigenvalue weighted by molar-refractivity contribution is 7.91. The number of aromatic nitrogens is 1. The van der Waals surface area contributed by atoms with Crippen LogP contribution < -0.4 is 4.90 Å². The molecule has 0 amide bonds. The van der Waals surface area contributed by atoms with Gasteiger partial charge in [-0.2, -0.15) is 0 Å². The molecule has 0 bridgehead atoms. The third kappa shape index (κ3) is 5.42. The summed E-state index contributed by atoms with van der Waals surface area (Å²) in [7, 11) is -3.51. The first-order chi connectivity index (χ1) is 21.0. The zero-order valence-corrected chi connectivity index (χ0v) is 26.4. The zero-order chi connectivity index (χ0) is 29.4. The predicted octanol–water partition coefficient (Wildman–Crippen LogP) is 6.03. The molecule has 6 nitrogen and oxygen atoms in total. The summed E-state index contributed by atoms with van der Waals surface area (Å²) in [6, 6.07) is 20.0. The van der Waals surface area contributed by atoms with E-state index in [0.29, 0.717) is 16.2 Å². The summed E-state index contributed by atoms with van der Waals surface area (Å²) in [5.74, 6) is 2.26. The van der Waals surface area contributed by atoms with E-state index in [0.717, 1.165) is 43.7 Å². The van der Waals surface area contributed by atoms with Crippen LogP contribution in [0.4, 0.5) is 5.69 Å². The van der Waals surface area contributed by atoms with Crippen molar-refractivity contribution in [2.45, 2.75) is 67.2 Å². The molecule has 0 radical (unpaired) electrons. The third-order valence-electron chi connectivity index (χ3n) is 11.2. The molecule has 4 heterocycles. The van der Waals surface area contributed by atoms with Gasteiger partial charge in [0.1, 0.15) is 0 Å². The highest BCUT2D eigenvalue weighted by Crippen LogP contribution is 2.53. The molecule has 1 aromatic heterocycles. The summed E-state index contributed by atoms with van der Waals surface area (Å²) in [5.41, 5.74) is 4.71. The van der Waals surface area contributed by atoms with Gasteiger partial charge >= 0.3 is 0 Å². The second-order valence-electron chi connectivity index (χ2n) is 13.5. The molecule has 7 rings (SSSR count). The van der Waals surface area contributed by atoms with E-state index in [9.17, 15) is 8.42 Å². The number of hydrogen-bond donors (Lipinski definition) is 0. The Hall–Kier alpha value is -2.74. The van der Waals surface area contributed by atoms with E-state index < -0.39 is 9.84 Å². The highest BCUT2D eigenvalue weighted by atomic mass is 32.2. The van der Waals surface area contributed by atoms with Crippen LogP contribution in [0.25, 0.3) is 0 Å². The summed E-state index contributed by atoms with van der Waals surface area (Å²) >= 11 is 0. The second-order valence-corrected chi connectivity index (χ2v) is 15.5. The fourth-order valence-electron chi connectivity index (χ4n) is 8.94. The first kappa shape index (κ1) is 29.0. The van der Waals surface area contributed by atoms with Gasteiger partial charge in [-0.25, -0.2) is 8.42 Å². The number of pyridine rings is 1. The Morgan fingerprint density at radius 1 is 0.814 bits per heavy atom. The minimum absolute atomic E-state index is 0.285. The zero-order valence-electron chi connectivity index (χ0n) is 25.6. The van der Waals surface area contributed by atoms with Crippen LogP contribution in [-0.4, -0.2) is 69.0 Å². The van der Waals surface area contributed by atoms with Crippen LogP contribution in [0.2, 0.25) is 0 Å². The van der Waals surface area contributed by atoms with E-state index in [-0.39, 0.29) is 4.90 Å². The van der Waals surface area contributed by atoms with Crippen LogP contribution in [0.5, 0.6) is 0 Å². The maximum Gasteiger partial charge on any atom is 0.206 e. The monoisotopic (exact) mass is 598 g/mol. The molecule has 1 saturated carbocycles. The molecule has 43 heavy (non-hydrogen) atoms. The Labute approximate surface area is 258 Å². The normalized spacial score (nSPS) is 24.6. The SMILES string of the molecule is CCN1Cc2ccccc2C(C2CCCC2)(C2CCN(CC3CN(c4ccc(S(=O)(=O)c5ccncc5)cc4)C3)CC2)C1. The first-order valence-corrected chi connectivity index (χ1v) is 18.0. The smallest absolute Gasteiger partial charge is 0.206 e. The van der Waals surface area contributed by atoms with E-state index in [4.69, 9.17) is 0 Å². The number of rotatable bonds is 8. The highest BCUT2D eigenvalue weighted by Gasteiger charge is 2.51. The van der Waals surface area contributed by atoms with Crippen molar-refractivity contribution >= 4 is 15.5 Å². The fraction of sp³-hybridized carbons (Fsp3) is 0.528.